The van der Waals surface area contributed by atoms with E-state index in [-0.39, 0.29) is 22.8 Å². The maximum Gasteiger partial charge on any atom is 0.208 e. The highest BCUT2D eigenvalue weighted by molar-refractivity contribution is 5.85. The van der Waals surface area contributed by atoms with Gasteiger partial charge in [0.15, 0.2) is 11.9 Å². The largest absolute Gasteiger partial charge is 0.379 e. The van der Waals surface area contributed by atoms with Gasteiger partial charge < -0.3 is 10.5 Å². The minimum absolute atomic E-state index is 0. The summed E-state index contributed by atoms with van der Waals surface area (Å²) < 4.78 is 18.7. The summed E-state index contributed by atoms with van der Waals surface area (Å²) in [6, 6.07) is 6.31. The van der Waals surface area contributed by atoms with Crippen molar-refractivity contribution in [2.75, 3.05) is 39.4 Å². The molecule has 6 nitrogen and oxygen atoms in total. The van der Waals surface area contributed by atoms with E-state index in [1.54, 1.807) is 18.3 Å². The molecule has 1 saturated heterocycles. The van der Waals surface area contributed by atoms with E-state index in [4.69, 9.17) is 10.5 Å². The fourth-order valence-corrected chi connectivity index (χ4v) is 2.58. The molecule has 120 valence electrons. The molecule has 2 heterocycles. The van der Waals surface area contributed by atoms with Crippen molar-refractivity contribution in [1.82, 2.24) is 9.49 Å². The van der Waals surface area contributed by atoms with Crippen LogP contribution < -0.4 is 10.3 Å². The van der Waals surface area contributed by atoms with Gasteiger partial charge in [-0.15, -0.1) is 17.0 Å². The van der Waals surface area contributed by atoms with Gasteiger partial charge in [-0.3, -0.25) is 4.90 Å². The summed E-state index contributed by atoms with van der Waals surface area (Å²) in [5.41, 5.74) is 6.62. The fourth-order valence-electron chi connectivity index (χ4n) is 2.58. The van der Waals surface area contributed by atoms with Crippen molar-refractivity contribution in [2.45, 2.75) is 0 Å². The lowest BCUT2D eigenvalue weighted by atomic mass is 10.2. The highest BCUT2D eigenvalue weighted by Gasteiger charge is 2.35. The Morgan fingerprint density at radius 1 is 1.23 bits per heavy atom. The summed E-state index contributed by atoms with van der Waals surface area (Å²) >= 11 is 0. The van der Waals surface area contributed by atoms with Gasteiger partial charge in [0, 0.05) is 30.4 Å². The van der Waals surface area contributed by atoms with E-state index in [0.29, 0.717) is 12.4 Å². The van der Waals surface area contributed by atoms with Gasteiger partial charge in [-0.25, -0.2) is 4.39 Å². The lowest BCUT2D eigenvalue weighted by Gasteiger charge is -2.30. The number of ether oxygens (including phenoxy) is 1. The van der Waals surface area contributed by atoms with Gasteiger partial charge in [-0.2, -0.15) is 0 Å². The van der Waals surface area contributed by atoms with E-state index in [9.17, 15) is 4.39 Å². The normalized spacial score (nSPS) is 24.9. The zero-order valence-corrected chi connectivity index (χ0v) is 13.0. The SMILES string of the molecule is Cl.NC1=C[N+](CCN2CCOCC2)(c2ccc(F)cc2)N=N1. The van der Waals surface area contributed by atoms with Crippen molar-refractivity contribution < 1.29 is 9.13 Å². The predicted octanol–water partition coefficient (Wildman–Crippen LogP) is 2.03. The first-order valence-electron chi connectivity index (χ1n) is 7.04. The molecule has 1 aromatic rings. The van der Waals surface area contributed by atoms with Crippen LogP contribution in [0.15, 0.2) is 46.6 Å². The molecule has 3 rings (SSSR count). The van der Waals surface area contributed by atoms with E-state index in [1.807, 2.05) is 0 Å². The molecule has 0 bridgehead atoms. The second-order valence-corrected chi connectivity index (χ2v) is 5.22. The highest BCUT2D eigenvalue weighted by atomic mass is 35.5. The van der Waals surface area contributed by atoms with Crippen LogP contribution in [0.3, 0.4) is 0 Å². The van der Waals surface area contributed by atoms with Crippen LogP contribution in [-0.2, 0) is 4.74 Å². The number of hydrogen-bond acceptors (Lipinski definition) is 5. The van der Waals surface area contributed by atoms with Crippen LogP contribution in [0, 0.1) is 5.82 Å². The average molecular weight is 329 g/mol. The monoisotopic (exact) mass is 328 g/mol. The maximum atomic E-state index is 13.1. The molecule has 2 aliphatic heterocycles. The van der Waals surface area contributed by atoms with Gasteiger partial charge >= 0.3 is 0 Å². The van der Waals surface area contributed by atoms with E-state index in [1.165, 1.54) is 12.1 Å². The van der Waals surface area contributed by atoms with Crippen LogP contribution in [0.1, 0.15) is 0 Å². The maximum absolute atomic E-state index is 13.1. The van der Waals surface area contributed by atoms with Crippen molar-refractivity contribution in [2.24, 2.45) is 16.1 Å². The molecule has 1 unspecified atom stereocenters. The van der Waals surface area contributed by atoms with E-state index < -0.39 is 0 Å². The minimum Gasteiger partial charge on any atom is -0.379 e. The zero-order valence-electron chi connectivity index (χ0n) is 12.2. The minimum atomic E-state index is -0.266. The quantitative estimate of drug-likeness (QED) is 0.860. The molecule has 2 aliphatic rings. The smallest absolute Gasteiger partial charge is 0.208 e. The predicted molar refractivity (Wildman–Crippen MR) is 84.7 cm³/mol. The Morgan fingerprint density at radius 3 is 2.50 bits per heavy atom. The number of halogens is 2. The van der Waals surface area contributed by atoms with Crippen LogP contribution in [0.5, 0.6) is 0 Å². The van der Waals surface area contributed by atoms with Crippen molar-refractivity contribution in [1.29, 1.82) is 0 Å². The standard InChI is InChI=1S/C14H19FN5O.ClH/c15-12-1-3-13(4-2-12)20(11-14(16)17-18-20)8-5-19-6-9-21-10-7-19;/h1-4,11H,5-10,16H2;1H/q+1;. The van der Waals surface area contributed by atoms with Gasteiger partial charge in [-0.1, -0.05) is 5.11 Å². The molecule has 0 aliphatic carbocycles. The Labute approximate surface area is 135 Å². The summed E-state index contributed by atoms with van der Waals surface area (Å²) in [6.45, 7) is 4.91. The number of rotatable bonds is 4. The van der Waals surface area contributed by atoms with Crippen LogP contribution >= 0.6 is 12.4 Å². The van der Waals surface area contributed by atoms with Gasteiger partial charge in [0.2, 0.25) is 5.82 Å². The fraction of sp³-hybridized carbons (Fsp3) is 0.429. The second-order valence-electron chi connectivity index (χ2n) is 5.22. The number of nitrogens with two attached hydrogens (primary N) is 1. The van der Waals surface area contributed by atoms with Crippen LogP contribution in [0.4, 0.5) is 10.1 Å². The summed E-state index contributed by atoms with van der Waals surface area (Å²) in [5.74, 6) is 0.125. The lowest BCUT2D eigenvalue weighted by molar-refractivity contribution is 0.0354. The Hall–Kier alpha value is -1.54. The Morgan fingerprint density at radius 2 is 1.91 bits per heavy atom. The Bertz CT molecular complexity index is 559. The number of hydrogen-bond donors (Lipinski definition) is 1. The molecule has 1 aromatic carbocycles. The number of benzene rings is 1. The summed E-state index contributed by atoms with van der Waals surface area (Å²) in [6.07, 6.45) is 1.80. The number of nitrogens with zero attached hydrogens (tertiary/aromatic N) is 4. The van der Waals surface area contributed by atoms with Crippen LogP contribution in [-0.4, -0.2) is 44.3 Å². The molecule has 22 heavy (non-hydrogen) atoms. The molecule has 0 amide bonds. The third kappa shape index (κ3) is 3.61. The number of morpholine rings is 1. The van der Waals surface area contributed by atoms with Gasteiger partial charge in [0.25, 0.3) is 0 Å². The molecule has 1 fully saturated rings. The van der Waals surface area contributed by atoms with Crippen LogP contribution in [0.2, 0.25) is 0 Å². The molecule has 0 saturated carbocycles. The van der Waals surface area contributed by atoms with Crippen molar-refractivity contribution in [3.63, 3.8) is 0 Å². The third-order valence-corrected chi connectivity index (χ3v) is 3.80. The van der Waals surface area contributed by atoms with Gasteiger partial charge in [-0.05, 0) is 12.1 Å². The van der Waals surface area contributed by atoms with E-state index >= 15 is 0 Å². The molecule has 0 aromatic heterocycles. The Kier molecular flexibility index (Phi) is 5.47. The van der Waals surface area contributed by atoms with E-state index in [2.05, 4.69) is 15.2 Å². The first-order valence-corrected chi connectivity index (χ1v) is 7.04. The summed E-state index contributed by atoms with van der Waals surface area (Å²) in [7, 11) is 0. The van der Waals surface area contributed by atoms with Crippen molar-refractivity contribution in [3.05, 3.63) is 42.1 Å². The van der Waals surface area contributed by atoms with Gasteiger partial charge in [0.1, 0.15) is 12.4 Å². The molecule has 2 N–H and O–H groups in total. The lowest BCUT2D eigenvalue weighted by Crippen LogP contribution is -2.46. The van der Waals surface area contributed by atoms with Crippen molar-refractivity contribution in [3.8, 4) is 0 Å². The van der Waals surface area contributed by atoms with E-state index in [0.717, 1.165) is 38.5 Å². The summed E-state index contributed by atoms with van der Waals surface area (Å²) in [4.78, 5) is 2.32. The van der Waals surface area contributed by atoms with Gasteiger partial charge in [0.05, 0.1) is 19.8 Å². The molecule has 0 spiro atoms. The first-order chi connectivity index (χ1) is 10.2. The molecule has 0 radical (unpaired) electrons. The highest BCUT2D eigenvalue weighted by Crippen LogP contribution is 2.29. The first kappa shape index (κ1) is 16.8. The third-order valence-electron chi connectivity index (χ3n) is 3.80. The molecular formula is C14H20ClFN5O+. The molecule has 8 heteroatoms. The second kappa shape index (κ2) is 7.15. The number of quaternary nitrogens is 1. The summed E-state index contributed by atoms with van der Waals surface area (Å²) in [5, 5.41) is 8.25. The molecule has 1 atom stereocenters. The topological polar surface area (TPSA) is 63.2 Å². The molecular weight excluding hydrogens is 309 g/mol. The average Bonchev–Trinajstić information content (AvgIpc) is 2.90. The van der Waals surface area contributed by atoms with Crippen molar-refractivity contribution >= 4 is 18.1 Å². The zero-order chi connectivity index (χ0) is 14.7. The Balaban J connectivity index is 0.00000176. The van der Waals surface area contributed by atoms with Crippen LogP contribution in [0.25, 0.3) is 0 Å².